The lowest BCUT2D eigenvalue weighted by molar-refractivity contribution is -0.921. The van der Waals surface area contributed by atoms with Crippen molar-refractivity contribution >= 4 is 22.5 Å². The number of nitrogens with zero attached hydrogens (tertiary/aromatic N) is 2. The maximum absolute atomic E-state index is 13.2. The highest BCUT2D eigenvalue weighted by atomic mass is 16.1. The molecule has 1 aromatic heterocycles. The summed E-state index contributed by atoms with van der Waals surface area (Å²) in [4.78, 5) is 32.5. The number of nitrogens with one attached hydrogen (secondary N) is 2. The standard InChI is InChI=1S/C28H34N4O2/c1-31(22-11-4-2-5-12-22)19-21-10-7-8-13-24(21)30-27(33)20-15-16-23-25(18-20)29-26-14-6-3-9-17-32(26)28(23)34/h7-8,10,13,15-16,18,22H,2-6,9,11-12,14,17,19H2,1H3,(H,30,33)/p+1. The molecule has 2 N–H and O–H groups in total. The van der Waals surface area contributed by atoms with Crippen molar-refractivity contribution in [1.82, 2.24) is 9.55 Å². The van der Waals surface area contributed by atoms with E-state index in [0.717, 1.165) is 55.8 Å². The number of hydrogen-bond donors (Lipinski definition) is 2. The van der Waals surface area contributed by atoms with E-state index in [-0.39, 0.29) is 11.5 Å². The number of amides is 1. The minimum Gasteiger partial charge on any atom is -0.331 e. The Morgan fingerprint density at radius 2 is 1.85 bits per heavy atom. The van der Waals surface area contributed by atoms with Crippen LogP contribution in [0.2, 0.25) is 0 Å². The molecule has 0 radical (unpaired) electrons. The first-order valence-corrected chi connectivity index (χ1v) is 12.9. The van der Waals surface area contributed by atoms with E-state index in [0.29, 0.717) is 22.5 Å². The maximum atomic E-state index is 13.2. The summed E-state index contributed by atoms with van der Waals surface area (Å²) in [5.74, 6) is 0.674. The highest BCUT2D eigenvalue weighted by molar-refractivity contribution is 6.06. The molecule has 1 fully saturated rings. The lowest BCUT2D eigenvalue weighted by Crippen LogP contribution is -3.11. The van der Waals surface area contributed by atoms with Gasteiger partial charge < -0.3 is 10.2 Å². The highest BCUT2D eigenvalue weighted by Gasteiger charge is 2.23. The molecule has 6 nitrogen and oxygen atoms in total. The number of carbonyl (C=O) groups excluding carboxylic acids is 1. The molecule has 1 amide bonds. The number of aromatic nitrogens is 2. The molecule has 1 aliphatic heterocycles. The van der Waals surface area contributed by atoms with E-state index in [2.05, 4.69) is 18.4 Å². The molecule has 5 rings (SSSR count). The molecule has 1 aliphatic carbocycles. The molecule has 2 aliphatic rings. The Bertz CT molecular complexity index is 1240. The average molecular weight is 460 g/mol. The molecule has 2 heterocycles. The van der Waals surface area contributed by atoms with Crippen LogP contribution in [-0.2, 0) is 19.5 Å². The fourth-order valence-corrected chi connectivity index (χ4v) is 5.59. The first-order chi connectivity index (χ1) is 16.6. The Morgan fingerprint density at radius 1 is 1.06 bits per heavy atom. The largest absolute Gasteiger partial charge is 0.331 e. The third-order valence-corrected chi connectivity index (χ3v) is 7.62. The number of benzene rings is 2. The van der Waals surface area contributed by atoms with Crippen LogP contribution in [0.3, 0.4) is 0 Å². The van der Waals surface area contributed by atoms with Crippen molar-refractivity contribution in [3.63, 3.8) is 0 Å². The van der Waals surface area contributed by atoms with Crippen LogP contribution in [0.1, 0.15) is 73.1 Å². The summed E-state index contributed by atoms with van der Waals surface area (Å²) in [5.41, 5.74) is 3.16. The molecule has 1 atom stereocenters. The van der Waals surface area contributed by atoms with Crippen molar-refractivity contribution in [1.29, 1.82) is 0 Å². The van der Waals surface area contributed by atoms with Gasteiger partial charge in [-0.15, -0.1) is 0 Å². The van der Waals surface area contributed by atoms with Gasteiger partial charge in [0.1, 0.15) is 12.4 Å². The summed E-state index contributed by atoms with van der Waals surface area (Å²) in [5, 5.41) is 3.71. The van der Waals surface area contributed by atoms with Crippen LogP contribution in [0.4, 0.5) is 5.69 Å². The van der Waals surface area contributed by atoms with Crippen LogP contribution in [-0.4, -0.2) is 28.5 Å². The number of quaternary nitrogens is 1. The summed E-state index contributed by atoms with van der Waals surface area (Å²) in [7, 11) is 2.27. The lowest BCUT2D eigenvalue weighted by atomic mass is 9.94. The van der Waals surface area contributed by atoms with Crippen molar-refractivity contribution in [3.05, 3.63) is 69.8 Å². The minimum absolute atomic E-state index is 0.00734. The second-order valence-electron chi connectivity index (χ2n) is 10.00. The maximum Gasteiger partial charge on any atom is 0.261 e. The molecule has 0 bridgehead atoms. The minimum atomic E-state index is -0.165. The van der Waals surface area contributed by atoms with Crippen LogP contribution < -0.4 is 15.8 Å². The van der Waals surface area contributed by atoms with Gasteiger partial charge in [-0.3, -0.25) is 14.2 Å². The zero-order valence-electron chi connectivity index (χ0n) is 20.1. The van der Waals surface area contributed by atoms with Crippen LogP contribution in [0.25, 0.3) is 10.9 Å². The number of carbonyl (C=O) groups is 1. The number of rotatable bonds is 5. The second-order valence-corrected chi connectivity index (χ2v) is 10.00. The van der Waals surface area contributed by atoms with Crippen molar-refractivity contribution in [2.45, 2.75) is 76.9 Å². The van der Waals surface area contributed by atoms with E-state index >= 15 is 0 Å². The zero-order valence-corrected chi connectivity index (χ0v) is 20.1. The average Bonchev–Trinajstić information content (AvgIpc) is 3.11. The van der Waals surface area contributed by atoms with Crippen molar-refractivity contribution in [3.8, 4) is 0 Å². The van der Waals surface area contributed by atoms with Gasteiger partial charge in [0.05, 0.1) is 24.0 Å². The predicted octanol–water partition coefficient (Wildman–Crippen LogP) is 3.72. The van der Waals surface area contributed by atoms with E-state index in [1.807, 2.05) is 22.8 Å². The second kappa shape index (κ2) is 10.1. The Morgan fingerprint density at radius 3 is 2.71 bits per heavy atom. The molecule has 6 heteroatoms. The highest BCUT2D eigenvalue weighted by Crippen LogP contribution is 2.20. The summed E-state index contributed by atoms with van der Waals surface area (Å²) in [6, 6.07) is 14.0. The summed E-state index contributed by atoms with van der Waals surface area (Å²) in [6.45, 7) is 1.62. The number of hydrogen-bond acceptors (Lipinski definition) is 3. The van der Waals surface area contributed by atoms with E-state index in [1.165, 1.54) is 37.0 Å². The Kier molecular flexibility index (Phi) is 6.77. The smallest absolute Gasteiger partial charge is 0.261 e. The van der Waals surface area contributed by atoms with E-state index in [1.54, 1.807) is 18.2 Å². The molecule has 0 spiro atoms. The number of fused-ring (bicyclic) bond motifs is 2. The van der Waals surface area contributed by atoms with Crippen molar-refractivity contribution < 1.29 is 9.69 Å². The molecular formula is C28H35N4O2+. The van der Waals surface area contributed by atoms with Crippen molar-refractivity contribution in [2.75, 3.05) is 12.4 Å². The first-order valence-electron chi connectivity index (χ1n) is 12.9. The SMILES string of the molecule is C[NH+](Cc1ccccc1NC(=O)c1ccc2c(=O)n3c(nc2c1)CCCCC3)C1CCCCC1. The third kappa shape index (κ3) is 4.78. The molecule has 1 unspecified atom stereocenters. The molecule has 3 aromatic rings. The molecule has 34 heavy (non-hydrogen) atoms. The Balaban J connectivity index is 1.37. The molecule has 178 valence electrons. The van der Waals surface area contributed by atoms with Crippen LogP contribution in [0.15, 0.2) is 47.3 Å². The fourth-order valence-electron chi connectivity index (χ4n) is 5.59. The van der Waals surface area contributed by atoms with Crippen LogP contribution in [0.5, 0.6) is 0 Å². The van der Waals surface area contributed by atoms with Crippen LogP contribution in [0, 0.1) is 0 Å². The summed E-state index contributed by atoms with van der Waals surface area (Å²) in [6.07, 6.45) is 10.6. The predicted molar refractivity (Wildman–Crippen MR) is 135 cm³/mol. The summed E-state index contributed by atoms with van der Waals surface area (Å²) >= 11 is 0. The normalized spacial score (nSPS) is 17.7. The van der Waals surface area contributed by atoms with Crippen LogP contribution >= 0.6 is 0 Å². The van der Waals surface area contributed by atoms with Gasteiger partial charge in [0.15, 0.2) is 0 Å². The lowest BCUT2D eigenvalue weighted by Gasteiger charge is -2.28. The number of aryl methyl sites for hydroxylation is 1. The van der Waals surface area contributed by atoms with Gasteiger partial charge in [-0.25, -0.2) is 4.98 Å². The Hall–Kier alpha value is -2.99. The van der Waals surface area contributed by atoms with Crippen molar-refractivity contribution in [2.24, 2.45) is 0 Å². The summed E-state index contributed by atoms with van der Waals surface area (Å²) < 4.78 is 1.82. The number of para-hydroxylation sites is 1. The van der Waals surface area contributed by atoms with Gasteiger partial charge in [-0.2, -0.15) is 0 Å². The molecule has 1 saturated carbocycles. The van der Waals surface area contributed by atoms with Gasteiger partial charge >= 0.3 is 0 Å². The number of anilines is 1. The third-order valence-electron chi connectivity index (χ3n) is 7.62. The van der Waals surface area contributed by atoms with Gasteiger partial charge in [0.25, 0.3) is 11.5 Å². The zero-order chi connectivity index (χ0) is 23.5. The molecular weight excluding hydrogens is 424 g/mol. The topological polar surface area (TPSA) is 68.4 Å². The molecule has 2 aromatic carbocycles. The van der Waals surface area contributed by atoms with E-state index in [9.17, 15) is 9.59 Å². The van der Waals surface area contributed by atoms with E-state index in [4.69, 9.17) is 4.98 Å². The van der Waals surface area contributed by atoms with Gasteiger partial charge in [0.2, 0.25) is 0 Å². The monoisotopic (exact) mass is 459 g/mol. The van der Waals surface area contributed by atoms with Gasteiger partial charge in [-0.05, 0) is 62.8 Å². The van der Waals surface area contributed by atoms with Gasteiger partial charge in [-0.1, -0.05) is 31.0 Å². The first kappa shape index (κ1) is 22.8. The fraction of sp³-hybridized carbons (Fsp3) is 0.464. The van der Waals surface area contributed by atoms with Gasteiger partial charge in [0, 0.05) is 29.8 Å². The quantitative estimate of drug-likeness (QED) is 0.611. The molecule has 0 saturated heterocycles. The van der Waals surface area contributed by atoms with E-state index < -0.39 is 0 Å². The Labute approximate surface area is 201 Å².